The van der Waals surface area contributed by atoms with E-state index in [-0.39, 0.29) is 11.9 Å². The minimum absolute atomic E-state index is 0.0517. The van der Waals surface area contributed by atoms with Crippen molar-refractivity contribution in [2.24, 2.45) is 11.8 Å². The van der Waals surface area contributed by atoms with Gasteiger partial charge >= 0.3 is 5.97 Å². The number of carbonyl (C=O) groups is 1. The van der Waals surface area contributed by atoms with Crippen LogP contribution in [0.3, 0.4) is 0 Å². The second-order valence-corrected chi connectivity index (χ2v) is 11.8. The van der Waals surface area contributed by atoms with Crippen molar-refractivity contribution in [3.63, 3.8) is 0 Å². The molecule has 0 radical (unpaired) electrons. The predicted molar refractivity (Wildman–Crippen MR) is 162 cm³/mol. The summed E-state index contributed by atoms with van der Waals surface area (Å²) in [6, 6.07) is 17.9. The van der Waals surface area contributed by atoms with Gasteiger partial charge < -0.3 is 4.74 Å². The third-order valence-corrected chi connectivity index (χ3v) is 8.57. The normalized spacial score (nSPS) is 17.0. The average Bonchev–Trinajstić information content (AvgIpc) is 2.98. The quantitative estimate of drug-likeness (QED) is 0.110. The van der Waals surface area contributed by atoms with Crippen LogP contribution < -0.4 is 4.74 Å². The molecule has 2 aromatic rings. The lowest BCUT2D eigenvalue weighted by molar-refractivity contribution is -0.140. The summed E-state index contributed by atoms with van der Waals surface area (Å²) < 4.78 is 5.74. The monoisotopic (exact) mass is 529 g/mol. The molecule has 0 aliphatic heterocycles. The first kappa shape index (κ1) is 30.9. The number of aryl methyl sites for hydroxylation is 2. The van der Waals surface area contributed by atoms with Crippen LogP contribution >= 0.6 is 0 Å². The molecule has 0 aromatic heterocycles. The Morgan fingerprint density at radius 1 is 0.718 bits per heavy atom. The van der Waals surface area contributed by atoms with E-state index in [1.165, 1.54) is 107 Å². The maximum Gasteiger partial charge on any atom is 0.314 e. The fraction of sp³-hybridized carbons (Fsp3) is 0.611. The highest BCUT2D eigenvalue weighted by Crippen LogP contribution is 2.33. The highest BCUT2D eigenvalue weighted by atomic mass is 16.5. The predicted octanol–water partition coefficient (Wildman–Crippen LogP) is 10.1. The van der Waals surface area contributed by atoms with Crippen LogP contribution in [-0.2, 0) is 17.6 Å². The Kier molecular flexibility index (Phi) is 14.8. The Morgan fingerprint density at radius 3 is 1.72 bits per heavy atom. The van der Waals surface area contributed by atoms with Crippen molar-refractivity contribution in [2.45, 2.75) is 129 Å². The van der Waals surface area contributed by atoms with Crippen molar-refractivity contribution < 1.29 is 9.53 Å². The third kappa shape index (κ3) is 12.4. The molecule has 1 aliphatic rings. The van der Waals surface area contributed by atoms with Gasteiger partial charge in [-0.2, -0.15) is 5.26 Å². The number of esters is 1. The number of carbonyl (C=O) groups excluding carboxylic acids is 1. The van der Waals surface area contributed by atoms with Gasteiger partial charge in [-0.15, -0.1) is 0 Å². The second kappa shape index (κ2) is 18.6. The lowest BCUT2D eigenvalue weighted by Crippen LogP contribution is -2.25. The van der Waals surface area contributed by atoms with Crippen molar-refractivity contribution in [3.05, 3.63) is 65.2 Å². The maximum atomic E-state index is 12.7. The van der Waals surface area contributed by atoms with Crippen molar-refractivity contribution in [1.82, 2.24) is 0 Å². The molecule has 0 atom stereocenters. The van der Waals surface area contributed by atoms with Crippen LogP contribution in [0.15, 0.2) is 48.5 Å². The van der Waals surface area contributed by atoms with E-state index >= 15 is 0 Å². The minimum Gasteiger partial charge on any atom is -0.426 e. The first-order chi connectivity index (χ1) is 19.2. The van der Waals surface area contributed by atoms with Crippen molar-refractivity contribution >= 4 is 5.97 Å². The fourth-order valence-electron chi connectivity index (χ4n) is 5.92. The number of nitriles is 1. The van der Waals surface area contributed by atoms with Crippen LogP contribution in [0.4, 0.5) is 0 Å². The zero-order chi connectivity index (χ0) is 27.5. The molecule has 0 bridgehead atoms. The lowest BCUT2D eigenvalue weighted by Gasteiger charge is -2.27. The first-order valence-electron chi connectivity index (χ1n) is 16.0. The van der Waals surface area contributed by atoms with Crippen LogP contribution in [0.1, 0.15) is 133 Å². The molecule has 2 aromatic carbocycles. The van der Waals surface area contributed by atoms with E-state index in [1.54, 1.807) is 0 Å². The zero-order valence-electron chi connectivity index (χ0n) is 24.5. The SMILES string of the molecule is CCCCCCCCCCCCCCC1CCC(C(=O)Oc2ccc(CCc3ccc(C#N)cc3)cc2)CC1. The van der Waals surface area contributed by atoms with Gasteiger partial charge in [0.1, 0.15) is 5.75 Å². The number of hydrogen-bond acceptors (Lipinski definition) is 3. The number of nitrogens with zero attached hydrogens (tertiary/aromatic N) is 1. The van der Waals surface area contributed by atoms with E-state index < -0.39 is 0 Å². The molecule has 0 amide bonds. The fourth-order valence-corrected chi connectivity index (χ4v) is 5.92. The molecule has 0 spiro atoms. The topological polar surface area (TPSA) is 50.1 Å². The molecule has 1 aliphatic carbocycles. The van der Waals surface area contributed by atoms with Gasteiger partial charge in [-0.25, -0.2) is 0 Å². The highest BCUT2D eigenvalue weighted by Gasteiger charge is 2.27. The van der Waals surface area contributed by atoms with Crippen molar-refractivity contribution in [1.29, 1.82) is 5.26 Å². The molecule has 0 heterocycles. The molecule has 212 valence electrons. The highest BCUT2D eigenvalue weighted by molar-refractivity contribution is 5.75. The molecule has 0 N–H and O–H groups in total. The van der Waals surface area contributed by atoms with Crippen LogP contribution in [-0.4, -0.2) is 5.97 Å². The molecular weight excluding hydrogens is 478 g/mol. The molecule has 3 rings (SSSR count). The summed E-state index contributed by atoms with van der Waals surface area (Å²) in [4.78, 5) is 12.7. The van der Waals surface area contributed by atoms with Gasteiger partial charge in [-0.05, 0) is 79.8 Å². The molecule has 0 saturated heterocycles. The molecule has 39 heavy (non-hydrogen) atoms. The van der Waals surface area contributed by atoms with E-state index in [2.05, 4.69) is 25.1 Å². The van der Waals surface area contributed by atoms with E-state index in [0.717, 1.165) is 31.6 Å². The Bertz CT molecular complexity index is 965. The molecular formula is C36H51NO2. The summed E-state index contributed by atoms with van der Waals surface area (Å²) in [5.74, 6) is 1.46. The number of benzene rings is 2. The first-order valence-corrected chi connectivity index (χ1v) is 16.0. The van der Waals surface area contributed by atoms with Crippen LogP contribution in [0.25, 0.3) is 0 Å². The number of rotatable bonds is 18. The Balaban J connectivity index is 1.21. The summed E-state index contributed by atoms with van der Waals surface area (Å²) in [7, 11) is 0. The van der Waals surface area contributed by atoms with Gasteiger partial charge in [0.2, 0.25) is 0 Å². The standard InChI is InChI=1S/C36H51NO2/c1-2-3-4-5-6-7-8-9-10-11-12-13-14-30-21-25-34(26-22-30)36(38)39-35-27-23-32(24-28-35)16-15-31-17-19-33(29-37)20-18-31/h17-20,23-24,27-28,30,34H,2-16,21-22,25-26H2,1H3. The smallest absolute Gasteiger partial charge is 0.314 e. The van der Waals surface area contributed by atoms with Crippen LogP contribution in [0, 0.1) is 23.2 Å². The van der Waals surface area contributed by atoms with Gasteiger partial charge in [0, 0.05) is 0 Å². The van der Waals surface area contributed by atoms with Gasteiger partial charge in [0.25, 0.3) is 0 Å². The van der Waals surface area contributed by atoms with Crippen molar-refractivity contribution in [3.8, 4) is 11.8 Å². The second-order valence-electron chi connectivity index (χ2n) is 11.8. The number of unbranched alkanes of at least 4 members (excludes halogenated alkanes) is 11. The lowest BCUT2D eigenvalue weighted by atomic mass is 9.79. The number of ether oxygens (including phenoxy) is 1. The van der Waals surface area contributed by atoms with Gasteiger partial charge in [-0.1, -0.05) is 115 Å². The summed E-state index contributed by atoms with van der Waals surface area (Å²) in [5.41, 5.74) is 3.13. The summed E-state index contributed by atoms with van der Waals surface area (Å²) in [5, 5.41) is 8.93. The Labute approximate surface area is 238 Å². The largest absolute Gasteiger partial charge is 0.426 e. The van der Waals surface area contributed by atoms with E-state index in [9.17, 15) is 4.79 Å². The van der Waals surface area contributed by atoms with E-state index in [0.29, 0.717) is 11.3 Å². The molecule has 3 heteroatoms. The Hall–Kier alpha value is -2.60. The van der Waals surface area contributed by atoms with Gasteiger partial charge in [-0.3, -0.25) is 4.79 Å². The average molecular weight is 530 g/mol. The summed E-state index contributed by atoms with van der Waals surface area (Å²) in [6.45, 7) is 2.28. The zero-order valence-corrected chi connectivity index (χ0v) is 24.5. The molecule has 0 unspecified atom stereocenters. The van der Waals surface area contributed by atoms with Gasteiger partial charge in [0.15, 0.2) is 0 Å². The maximum absolute atomic E-state index is 12.7. The van der Waals surface area contributed by atoms with E-state index in [4.69, 9.17) is 10.00 Å². The van der Waals surface area contributed by atoms with Crippen molar-refractivity contribution in [2.75, 3.05) is 0 Å². The minimum atomic E-state index is -0.0517. The Morgan fingerprint density at radius 2 is 1.21 bits per heavy atom. The third-order valence-electron chi connectivity index (χ3n) is 8.57. The molecule has 3 nitrogen and oxygen atoms in total. The summed E-state index contributed by atoms with van der Waals surface area (Å²) in [6.07, 6.45) is 24.3. The van der Waals surface area contributed by atoms with E-state index in [1.807, 2.05) is 36.4 Å². The summed E-state index contributed by atoms with van der Waals surface area (Å²) >= 11 is 0. The van der Waals surface area contributed by atoms with Gasteiger partial charge in [0.05, 0.1) is 17.6 Å². The van der Waals surface area contributed by atoms with Crippen LogP contribution in [0.5, 0.6) is 5.75 Å². The van der Waals surface area contributed by atoms with Crippen LogP contribution in [0.2, 0.25) is 0 Å². The molecule has 1 saturated carbocycles. The molecule has 1 fully saturated rings. The number of hydrogen-bond donors (Lipinski definition) is 0.